The number of aromatic carboxylic acids is 1. The molecule has 1 atom stereocenters. The molecule has 1 saturated heterocycles. The van der Waals surface area contributed by atoms with E-state index in [-0.39, 0.29) is 18.1 Å². The SMILES string of the molecule is C[C@H]1CCCN(C(=O)COc2ccc(C(=O)O)cc2)C1. The number of carboxylic acid groups (broad SMARTS) is 1. The molecule has 0 saturated carbocycles. The lowest BCUT2D eigenvalue weighted by Crippen LogP contribution is -2.41. The number of carbonyl (C=O) groups excluding carboxylic acids is 1. The Balaban J connectivity index is 1.85. The number of ether oxygens (including phenoxy) is 1. The number of hydrogen-bond donors (Lipinski definition) is 1. The standard InChI is InChI=1S/C15H19NO4/c1-11-3-2-8-16(9-11)14(17)10-20-13-6-4-12(5-7-13)15(18)19/h4-7,11H,2-3,8-10H2,1H3,(H,18,19)/t11-/m0/s1. The smallest absolute Gasteiger partial charge is 0.335 e. The minimum absolute atomic E-state index is 0.000855. The van der Waals surface area contributed by atoms with Crippen molar-refractivity contribution in [3.8, 4) is 5.75 Å². The van der Waals surface area contributed by atoms with E-state index < -0.39 is 5.97 Å². The summed E-state index contributed by atoms with van der Waals surface area (Å²) >= 11 is 0. The van der Waals surface area contributed by atoms with E-state index in [4.69, 9.17) is 9.84 Å². The van der Waals surface area contributed by atoms with Crippen LogP contribution in [0.2, 0.25) is 0 Å². The molecule has 108 valence electrons. The molecule has 0 aliphatic carbocycles. The van der Waals surface area contributed by atoms with Gasteiger partial charge in [-0.3, -0.25) is 4.79 Å². The third kappa shape index (κ3) is 3.73. The maximum absolute atomic E-state index is 12.0. The molecule has 1 aliphatic rings. The van der Waals surface area contributed by atoms with Crippen LogP contribution in [0.25, 0.3) is 0 Å². The van der Waals surface area contributed by atoms with Gasteiger partial charge in [-0.1, -0.05) is 6.92 Å². The minimum Gasteiger partial charge on any atom is -0.484 e. The van der Waals surface area contributed by atoms with Crippen LogP contribution in [0.15, 0.2) is 24.3 Å². The van der Waals surface area contributed by atoms with Gasteiger partial charge in [-0.05, 0) is 43.0 Å². The Kier molecular flexibility index (Phi) is 4.61. The molecule has 0 aromatic heterocycles. The third-order valence-corrected chi connectivity index (χ3v) is 3.47. The normalized spacial score (nSPS) is 18.6. The van der Waals surface area contributed by atoms with Crippen molar-refractivity contribution in [3.05, 3.63) is 29.8 Å². The highest BCUT2D eigenvalue weighted by Gasteiger charge is 2.21. The first-order valence-corrected chi connectivity index (χ1v) is 6.80. The van der Waals surface area contributed by atoms with Gasteiger partial charge in [0.1, 0.15) is 5.75 Å². The van der Waals surface area contributed by atoms with Crippen molar-refractivity contribution in [2.45, 2.75) is 19.8 Å². The molecule has 20 heavy (non-hydrogen) atoms. The summed E-state index contributed by atoms with van der Waals surface area (Å²) in [5, 5.41) is 8.79. The fourth-order valence-electron chi connectivity index (χ4n) is 2.35. The molecule has 5 nitrogen and oxygen atoms in total. The quantitative estimate of drug-likeness (QED) is 0.914. The summed E-state index contributed by atoms with van der Waals surface area (Å²) in [6.07, 6.45) is 2.21. The van der Waals surface area contributed by atoms with Crippen LogP contribution in [0, 0.1) is 5.92 Å². The highest BCUT2D eigenvalue weighted by Crippen LogP contribution is 2.16. The van der Waals surface area contributed by atoms with Gasteiger partial charge in [0.25, 0.3) is 5.91 Å². The van der Waals surface area contributed by atoms with Crippen molar-refractivity contribution in [3.63, 3.8) is 0 Å². The Morgan fingerprint density at radius 3 is 2.65 bits per heavy atom. The van der Waals surface area contributed by atoms with Crippen LogP contribution in [0.4, 0.5) is 0 Å². The van der Waals surface area contributed by atoms with Crippen LogP contribution in [0.5, 0.6) is 5.75 Å². The number of carboxylic acids is 1. The molecular weight excluding hydrogens is 258 g/mol. The molecule has 1 fully saturated rings. The summed E-state index contributed by atoms with van der Waals surface area (Å²) < 4.78 is 5.41. The van der Waals surface area contributed by atoms with Gasteiger partial charge in [0, 0.05) is 13.1 Å². The first-order chi connectivity index (χ1) is 9.56. The molecule has 0 bridgehead atoms. The summed E-state index contributed by atoms with van der Waals surface area (Å²) in [7, 11) is 0. The van der Waals surface area contributed by atoms with Gasteiger partial charge in [0.05, 0.1) is 5.56 Å². The molecule has 0 radical (unpaired) electrons. The largest absolute Gasteiger partial charge is 0.484 e. The van der Waals surface area contributed by atoms with Crippen LogP contribution >= 0.6 is 0 Å². The van der Waals surface area contributed by atoms with E-state index in [9.17, 15) is 9.59 Å². The van der Waals surface area contributed by atoms with Crippen molar-refractivity contribution in [1.29, 1.82) is 0 Å². The van der Waals surface area contributed by atoms with Gasteiger partial charge < -0.3 is 14.7 Å². The second kappa shape index (κ2) is 6.41. The van der Waals surface area contributed by atoms with Crippen molar-refractivity contribution >= 4 is 11.9 Å². The van der Waals surface area contributed by atoms with E-state index >= 15 is 0 Å². The van der Waals surface area contributed by atoms with E-state index in [0.717, 1.165) is 19.5 Å². The van der Waals surface area contributed by atoms with Gasteiger partial charge in [-0.2, -0.15) is 0 Å². The highest BCUT2D eigenvalue weighted by atomic mass is 16.5. The van der Waals surface area contributed by atoms with Gasteiger partial charge in [-0.15, -0.1) is 0 Å². The molecule has 1 aromatic rings. The molecular formula is C15H19NO4. The molecule has 0 spiro atoms. The molecule has 1 aliphatic heterocycles. The van der Waals surface area contributed by atoms with E-state index in [1.54, 1.807) is 12.1 Å². The summed E-state index contributed by atoms with van der Waals surface area (Å²) in [5.41, 5.74) is 0.202. The fraction of sp³-hybridized carbons (Fsp3) is 0.467. The van der Waals surface area contributed by atoms with Crippen LogP contribution < -0.4 is 4.74 Å². The number of benzene rings is 1. The lowest BCUT2D eigenvalue weighted by atomic mass is 10.0. The predicted octanol–water partition coefficient (Wildman–Crippen LogP) is 2.02. The zero-order valence-corrected chi connectivity index (χ0v) is 11.5. The van der Waals surface area contributed by atoms with Crippen LogP contribution in [-0.4, -0.2) is 41.6 Å². The van der Waals surface area contributed by atoms with Gasteiger partial charge in [-0.25, -0.2) is 4.79 Å². The monoisotopic (exact) mass is 277 g/mol. The molecule has 1 amide bonds. The van der Waals surface area contributed by atoms with Crippen molar-refractivity contribution in [2.75, 3.05) is 19.7 Å². The van der Waals surface area contributed by atoms with E-state index in [0.29, 0.717) is 11.7 Å². The summed E-state index contributed by atoms with van der Waals surface area (Å²) in [4.78, 5) is 24.5. The number of amides is 1. The summed E-state index contributed by atoms with van der Waals surface area (Å²) in [6, 6.07) is 6.06. The number of nitrogens with zero attached hydrogens (tertiary/aromatic N) is 1. The number of likely N-dealkylation sites (tertiary alicyclic amines) is 1. The van der Waals surface area contributed by atoms with Gasteiger partial charge in [0.2, 0.25) is 0 Å². The van der Waals surface area contributed by atoms with E-state index in [2.05, 4.69) is 6.92 Å². The minimum atomic E-state index is -0.977. The lowest BCUT2D eigenvalue weighted by molar-refractivity contribution is -0.135. The maximum atomic E-state index is 12.0. The average Bonchev–Trinajstić information content (AvgIpc) is 2.45. The Bertz CT molecular complexity index is 483. The summed E-state index contributed by atoms with van der Waals surface area (Å²) in [6.45, 7) is 3.73. The summed E-state index contributed by atoms with van der Waals surface area (Å²) in [5.74, 6) is 0.0600. The Morgan fingerprint density at radius 2 is 2.05 bits per heavy atom. The number of rotatable bonds is 4. The topological polar surface area (TPSA) is 66.8 Å². The second-order valence-corrected chi connectivity index (χ2v) is 5.21. The predicted molar refractivity (Wildman–Crippen MR) is 73.9 cm³/mol. The maximum Gasteiger partial charge on any atom is 0.335 e. The van der Waals surface area contributed by atoms with Crippen LogP contribution in [-0.2, 0) is 4.79 Å². The van der Waals surface area contributed by atoms with Crippen molar-refractivity contribution < 1.29 is 19.4 Å². The molecule has 2 rings (SSSR count). The van der Waals surface area contributed by atoms with Crippen LogP contribution in [0.1, 0.15) is 30.1 Å². The number of hydrogen-bond acceptors (Lipinski definition) is 3. The Morgan fingerprint density at radius 1 is 1.35 bits per heavy atom. The number of carbonyl (C=O) groups is 2. The first kappa shape index (κ1) is 14.4. The van der Waals surface area contributed by atoms with Crippen molar-refractivity contribution in [2.24, 2.45) is 5.92 Å². The second-order valence-electron chi connectivity index (χ2n) is 5.21. The third-order valence-electron chi connectivity index (χ3n) is 3.47. The molecule has 0 unspecified atom stereocenters. The number of piperidine rings is 1. The first-order valence-electron chi connectivity index (χ1n) is 6.80. The molecule has 1 N–H and O–H groups in total. The zero-order valence-electron chi connectivity index (χ0n) is 11.5. The Labute approximate surface area is 118 Å². The fourth-order valence-corrected chi connectivity index (χ4v) is 2.35. The van der Waals surface area contributed by atoms with E-state index in [1.165, 1.54) is 18.6 Å². The van der Waals surface area contributed by atoms with Crippen molar-refractivity contribution in [1.82, 2.24) is 4.90 Å². The zero-order chi connectivity index (χ0) is 14.5. The molecule has 1 heterocycles. The van der Waals surface area contributed by atoms with Crippen LogP contribution in [0.3, 0.4) is 0 Å². The highest BCUT2D eigenvalue weighted by molar-refractivity contribution is 5.87. The molecule has 1 aromatic carbocycles. The molecule has 5 heteroatoms. The van der Waals surface area contributed by atoms with E-state index in [1.807, 2.05) is 4.90 Å². The lowest BCUT2D eigenvalue weighted by Gasteiger charge is -2.30. The Hall–Kier alpha value is -2.04. The van der Waals surface area contributed by atoms with Gasteiger partial charge >= 0.3 is 5.97 Å². The average molecular weight is 277 g/mol. The van der Waals surface area contributed by atoms with Gasteiger partial charge in [0.15, 0.2) is 6.61 Å².